The van der Waals surface area contributed by atoms with Crippen LogP contribution >= 0.6 is 0 Å². The van der Waals surface area contributed by atoms with Crippen LogP contribution in [0, 0.1) is 13.8 Å². The number of anilines is 2. The molecular formula is C29H29N5O. The first-order valence-corrected chi connectivity index (χ1v) is 12.2. The molecule has 0 unspecified atom stereocenters. The van der Waals surface area contributed by atoms with Gasteiger partial charge in [0.1, 0.15) is 11.4 Å². The monoisotopic (exact) mass is 463 g/mol. The zero-order chi connectivity index (χ0) is 24.2. The van der Waals surface area contributed by atoms with Gasteiger partial charge >= 0.3 is 0 Å². The first kappa shape index (κ1) is 21.6. The molecule has 1 aliphatic heterocycles. The SMILES string of the molecule is CC1=Cc2ccccc2C12CCN(C(=O)c1cnc3ccnn3c1Nc1cc(C)ccc1C)CC2. The summed E-state index contributed by atoms with van der Waals surface area (Å²) in [5.41, 5.74) is 8.63. The number of rotatable bonds is 3. The molecule has 1 aliphatic carbocycles. The van der Waals surface area contributed by atoms with Gasteiger partial charge in [-0.1, -0.05) is 48.0 Å². The smallest absolute Gasteiger partial charge is 0.259 e. The van der Waals surface area contributed by atoms with Crippen LogP contribution in [-0.2, 0) is 5.41 Å². The Bertz CT molecular complexity index is 1490. The van der Waals surface area contributed by atoms with Crippen molar-refractivity contribution in [2.45, 2.75) is 39.0 Å². The van der Waals surface area contributed by atoms with Crippen molar-refractivity contribution in [1.82, 2.24) is 19.5 Å². The van der Waals surface area contributed by atoms with Crippen LogP contribution < -0.4 is 5.32 Å². The molecule has 35 heavy (non-hydrogen) atoms. The number of hydrogen-bond donors (Lipinski definition) is 1. The van der Waals surface area contributed by atoms with E-state index in [0.717, 1.165) is 29.7 Å². The highest BCUT2D eigenvalue weighted by Gasteiger charge is 2.42. The summed E-state index contributed by atoms with van der Waals surface area (Å²) in [5.74, 6) is 0.645. The van der Waals surface area contributed by atoms with Gasteiger partial charge in [-0.3, -0.25) is 4.79 Å². The van der Waals surface area contributed by atoms with Gasteiger partial charge in [-0.2, -0.15) is 9.61 Å². The molecule has 1 fully saturated rings. The van der Waals surface area contributed by atoms with Crippen molar-refractivity contribution in [2.75, 3.05) is 18.4 Å². The number of hydrogen-bond acceptors (Lipinski definition) is 4. The number of aromatic nitrogens is 3. The van der Waals surface area contributed by atoms with Crippen LogP contribution in [0.5, 0.6) is 0 Å². The third kappa shape index (κ3) is 3.43. The van der Waals surface area contributed by atoms with E-state index in [9.17, 15) is 4.79 Å². The van der Waals surface area contributed by atoms with E-state index in [1.165, 1.54) is 16.7 Å². The Morgan fingerprint density at radius 1 is 1.03 bits per heavy atom. The molecule has 1 N–H and O–H groups in total. The Hall–Kier alpha value is -3.93. The zero-order valence-electron chi connectivity index (χ0n) is 20.4. The van der Waals surface area contributed by atoms with E-state index in [4.69, 9.17) is 0 Å². The van der Waals surface area contributed by atoms with Crippen molar-refractivity contribution in [2.24, 2.45) is 0 Å². The molecule has 176 valence electrons. The fourth-order valence-corrected chi connectivity index (χ4v) is 5.72. The van der Waals surface area contributed by atoms with E-state index < -0.39 is 0 Å². The Balaban J connectivity index is 1.32. The van der Waals surface area contributed by atoms with Gasteiger partial charge in [-0.15, -0.1) is 0 Å². The van der Waals surface area contributed by atoms with Crippen LogP contribution in [-0.4, -0.2) is 38.5 Å². The molecule has 2 aromatic carbocycles. The predicted octanol–water partition coefficient (Wildman–Crippen LogP) is 5.68. The Labute approximate surface area is 205 Å². The van der Waals surface area contributed by atoms with E-state index in [2.05, 4.69) is 84.7 Å². The quantitative estimate of drug-likeness (QED) is 0.425. The number of nitrogens with one attached hydrogen (secondary N) is 1. The lowest BCUT2D eigenvalue weighted by atomic mass is 9.70. The van der Waals surface area contributed by atoms with Crippen LogP contribution in [0.2, 0.25) is 0 Å². The summed E-state index contributed by atoms with van der Waals surface area (Å²) in [5, 5.41) is 7.96. The predicted molar refractivity (Wildman–Crippen MR) is 139 cm³/mol. The van der Waals surface area contributed by atoms with Gasteiger partial charge in [0.15, 0.2) is 5.65 Å². The third-order valence-electron chi connectivity index (χ3n) is 7.80. The fraction of sp³-hybridized carbons (Fsp3) is 0.276. The Kier molecular flexibility index (Phi) is 4.99. The second-order valence-electron chi connectivity index (χ2n) is 9.85. The third-order valence-corrected chi connectivity index (χ3v) is 7.80. The van der Waals surface area contributed by atoms with E-state index in [1.807, 2.05) is 11.0 Å². The van der Waals surface area contributed by atoms with Crippen LogP contribution in [0.25, 0.3) is 11.7 Å². The second-order valence-corrected chi connectivity index (χ2v) is 9.85. The number of allylic oxidation sites excluding steroid dienone is 1. The van der Waals surface area contributed by atoms with Crippen LogP contribution in [0.3, 0.4) is 0 Å². The van der Waals surface area contributed by atoms with Crippen LogP contribution in [0.4, 0.5) is 11.5 Å². The van der Waals surface area contributed by atoms with Gasteiger partial charge in [-0.05, 0) is 61.9 Å². The van der Waals surface area contributed by atoms with Gasteiger partial charge in [0.25, 0.3) is 5.91 Å². The lowest BCUT2D eigenvalue weighted by Crippen LogP contribution is -2.45. The minimum atomic E-state index is -0.00882. The van der Waals surface area contributed by atoms with Gasteiger partial charge in [0, 0.05) is 36.5 Å². The van der Waals surface area contributed by atoms with Gasteiger partial charge in [0.05, 0.1) is 6.20 Å². The molecule has 0 radical (unpaired) electrons. The summed E-state index contributed by atoms with van der Waals surface area (Å²) in [6.07, 6.45) is 7.56. The number of likely N-dealkylation sites (tertiary alicyclic amines) is 1. The van der Waals surface area contributed by atoms with E-state index in [1.54, 1.807) is 16.9 Å². The number of aryl methyl sites for hydroxylation is 2. The van der Waals surface area contributed by atoms with Crippen molar-refractivity contribution in [3.05, 3.63) is 94.3 Å². The highest BCUT2D eigenvalue weighted by molar-refractivity contribution is 5.99. The van der Waals surface area contributed by atoms with Crippen molar-refractivity contribution in [1.29, 1.82) is 0 Å². The molecule has 3 heterocycles. The Morgan fingerprint density at radius 2 is 1.83 bits per heavy atom. The number of amides is 1. The van der Waals surface area contributed by atoms with Crippen LogP contribution in [0.15, 0.2) is 66.5 Å². The number of carbonyl (C=O) groups excluding carboxylic acids is 1. The second kappa shape index (κ2) is 8.08. The normalized spacial score (nSPS) is 16.4. The molecule has 0 atom stereocenters. The fourth-order valence-electron chi connectivity index (χ4n) is 5.72. The summed E-state index contributed by atoms with van der Waals surface area (Å²) < 4.78 is 1.72. The molecular weight excluding hydrogens is 434 g/mol. The van der Waals surface area contributed by atoms with Crippen LogP contribution in [0.1, 0.15) is 52.4 Å². The summed E-state index contributed by atoms with van der Waals surface area (Å²) in [4.78, 5) is 20.3. The summed E-state index contributed by atoms with van der Waals surface area (Å²) >= 11 is 0. The number of carbonyl (C=O) groups is 1. The minimum Gasteiger partial charge on any atom is -0.339 e. The topological polar surface area (TPSA) is 62.5 Å². The van der Waals surface area contributed by atoms with E-state index in [-0.39, 0.29) is 11.3 Å². The first-order valence-electron chi connectivity index (χ1n) is 12.2. The molecule has 1 spiro atoms. The molecule has 2 aliphatic rings. The minimum absolute atomic E-state index is 0.00882. The molecule has 1 saturated heterocycles. The largest absolute Gasteiger partial charge is 0.339 e. The maximum absolute atomic E-state index is 13.8. The molecule has 4 aromatic rings. The van der Waals surface area contributed by atoms with Crippen molar-refractivity contribution >= 4 is 29.1 Å². The van der Waals surface area contributed by atoms with Crippen molar-refractivity contribution in [3.63, 3.8) is 0 Å². The highest BCUT2D eigenvalue weighted by atomic mass is 16.2. The molecule has 6 heteroatoms. The average molecular weight is 464 g/mol. The molecule has 0 saturated carbocycles. The van der Waals surface area contributed by atoms with E-state index >= 15 is 0 Å². The van der Waals surface area contributed by atoms with Gasteiger partial charge in [-0.25, -0.2) is 4.98 Å². The standard InChI is InChI=1S/C29H29N5O/c1-19-8-9-20(2)25(16-19)32-27-23(18-30-26-10-13-31-34(26)27)28(35)33-14-11-29(12-15-33)21(3)17-22-6-4-5-7-24(22)29/h4-10,13,16-18,32H,11-12,14-15H2,1-3H3. The number of piperidine rings is 1. The number of benzene rings is 2. The Morgan fingerprint density at radius 3 is 2.66 bits per heavy atom. The summed E-state index contributed by atoms with van der Waals surface area (Å²) in [6, 6.07) is 16.8. The maximum Gasteiger partial charge on any atom is 0.259 e. The van der Waals surface area contributed by atoms with E-state index in [0.29, 0.717) is 30.1 Å². The van der Waals surface area contributed by atoms with Gasteiger partial charge in [0.2, 0.25) is 0 Å². The summed E-state index contributed by atoms with van der Waals surface area (Å²) in [7, 11) is 0. The maximum atomic E-state index is 13.8. The molecule has 2 aromatic heterocycles. The number of nitrogens with zero attached hydrogens (tertiary/aromatic N) is 4. The lowest BCUT2D eigenvalue weighted by molar-refractivity contribution is 0.0685. The molecule has 6 nitrogen and oxygen atoms in total. The first-order chi connectivity index (χ1) is 17.0. The molecule has 6 rings (SSSR count). The van der Waals surface area contributed by atoms with Crippen molar-refractivity contribution in [3.8, 4) is 0 Å². The highest BCUT2D eigenvalue weighted by Crippen LogP contribution is 2.48. The van der Waals surface area contributed by atoms with Gasteiger partial charge < -0.3 is 10.2 Å². The van der Waals surface area contributed by atoms with Crippen molar-refractivity contribution < 1.29 is 4.79 Å². The summed E-state index contributed by atoms with van der Waals surface area (Å²) in [6.45, 7) is 7.77. The lowest BCUT2D eigenvalue weighted by Gasteiger charge is -2.41. The molecule has 1 amide bonds. The molecule has 0 bridgehead atoms. The zero-order valence-corrected chi connectivity index (χ0v) is 20.4. The average Bonchev–Trinajstić information content (AvgIpc) is 3.45. The number of fused-ring (bicyclic) bond motifs is 3.